The summed E-state index contributed by atoms with van der Waals surface area (Å²) in [5, 5.41) is 31.4. The normalized spacial score (nSPS) is 9.18. The Hall–Kier alpha value is -3.35. The Balaban J connectivity index is -0.000000147. The average molecular weight is 412 g/mol. The van der Waals surface area contributed by atoms with E-state index >= 15 is 0 Å². The predicted molar refractivity (Wildman–Crippen MR) is 89.0 cm³/mol. The van der Waals surface area contributed by atoms with Crippen LogP contribution in [0.25, 0.3) is 0 Å². The summed E-state index contributed by atoms with van der Waals surface area (Å²) in [7, 11) is 0. The number of rotatable bonds is 7. The highest BCUT2D eigenvalue weighted by molar-refractivity contribution is 6.31. The number of carbonyl (C=O) groups is 7. The first-order valence-electron chi connectivity index (χ1n) is 7.36. The lowest BCUT2D eigenvalue weighted by atomic mass is 10.3. The third-order valence-electron chi connectivity index (χ3n) is 1.71. The van der Waals surface area contributed by atoms with Crippen molar-refractivity contribution in [1.29, 1.82) is 0 Å². The first-order chi connectivity index (χ1) is 12.8. The zero-order valence-corrected chi connectivity index (χ0v) is 15.7. The van der Waals surface area contributed by atoms with Crippen LogP contribution in [0, 0.1) is 0 Å². The van der Waals surface area contributed by atoms with Gasteiger partial charge in [-0.05, 0) is 13.8 Å². The Morgan fingerprint density at radius 2 is 1.36 bits per heavy atom. The maximum Gasteiger partial charge on any atom is 0.371 e. The van der Waals surface area contributed by atoms with E-state index < -0.39 is 41.7 Å². The molecule has 0 aliphatic carbocycles. The van der Waals surface area contributed by atoms with Crippen LogP contribution in [0.15, 0.2) is 0 Å². The van der Waals surface area contributed by atoms with Gasteiger partial charge in [-0.25, -0.2) is 9.59 Å². The molecule has 13 nitrogen and oxygen atoms in total. The van der Waals surface area contributed by atoms with Gasteiger partial charge in [0.15, 0.2) is 6.10 Å². The second-order valence-corrected chi connectivity index (χ2v) is 4.25. The molecule has 0 radical (unpaired) electrons. The fourth-order valence-corrected chi connectivity index (χ4v) is 0.621. The smallest absolute Gasteiger partial charge is 0.371 e. The van der Waals surface area contributed by atoms with Crippen LogP contribution in [0.3, 0.4) is 0 Å². The fraction of sp³-hybridized carbons (Fsp3) is 0.533. The second kappa shape index (κ2) is 21.7. The Kier molecular flexibility index (Phi) is 25.0. The average Bonchev–Trinajstić information content (AvgIpc) is 2.54. The second-order valence-electron chi connectivity index (χ2n) is 4.25. The van der Waals surface area contributed by atoms with E-state index in [1.807, 2.05) is 0 Å². The van der Waals surface area contributed by atoms with Crippen molar-refractivity contribution in [3.05, 3.63) is 0 Å². The van der Waals surface area contributed by atoms with Gasteiger partial charge in [0.05, 0.1) is 12.8 Å². The van der Waals surface area contributed by atoms with Crippen molar-refractivity contribution in [1.82, 2.24) is 0 Å². The molecule has 162 valence electrons. The minimum Gasteiger partial charge on any atom is -0.481 e. The van der Waals surface area contributed by atoms with Gasteiger partial charge in [-0.2, -0.15) is 0 Å². The molecule has 0 rings (SSSR count). The number of aliphatic hydroxyl groups is 1. The van der Waals surface area contributed by atoms with Crippen LogP contribution in [0.1, 0.15) is 40.5 Å². The Morgan fingerprint density at radius 1 is 0.964 bits per heavy atom. The van der Waals surface area contributed by atoms with Crippen LogP contribution in [0.2, 0.25) is 0 Å². The standard InChI is InChI=1S/C5H6O5.C5H8O4.C3H4O3.C2H6O/c6-3-10-5(9)2-1-4(7)8;1-3(5(7)8)9-4(2)6;1-2(4)3(5)6;1-2-3/h3H,1-2H2,(H,7,8);3H,1-2H3,(H,7,8);1H3,(H,5,6);3H,2H2,1H3. The van der Waals surface area contributed by atoms with Crippen molar-refractivity contribution in [2.24, 2.45) is 0 Å². The zero-order valence-electron chi connectivity index (χ0n) is 15.7. The molecule has 1 atom stereocenters. The summed E-state index contributed by atoms with van der Waals surface area (Å²) >= 11 is 0. The molecule has 0 heterocycles. The number of carboxylic acid groups (broad SMARTS) is 3. The van der Waals surface area contributed by atoms with E-state index in [9.17, 15) is 33.6 Å². The minimum absolute atomic E-state index is 0.0236. The molecule has 0 aliphatic heterocycles. The van der Waals surface area contributed by atoms with Crippen molar-refractivity contribution in [3.8, 4) is 0 Å². The van der Waals surface area contributed by atoms with E-state index in [1.165, 1.54) is 13.8 Å². The molecular weight excluding hydrogens is 388 g/mol. The molecule has 0 amide bonds. The van der Waals surface area contributed by atoms with E-state index in [0.717, 1.165) is 6.92 Å². The molecule has 1 unspecified atom stereocenters. The first-order valence-corrected chi connectivity index (χ1v) is 7.36. The van der Waals surface area contributed by atoms with E-state index in [-0.39, 0.29) is 25.9 Å². The number of ether oxygens (including phenoxy) is 2. The first kappa shape index (κ1) is 32.3. The highest BCUT2D eigenvalue weighted by atomic mass is 16.6. The van der Waals surface area contributed by atoms with Crippen molar-refractivity contribution in [2.75, 3.05) is 6.61 Å². The van der Waals surface area contributed by atoms with Crippen molar-refractivity contribution >= 4 is 42.1 Å². The molecule has 0 bridgehead atoms. The van der Waals surface area contributed by atoms with Crippen LogP contribution < -0.4 is 0 Å². The summed E-state index contributed by atoms with van der Waals surface area (Å²) in [6, 6.07) is 0. The quantitative estimate of drug-likeness (QED) is 0.175. The Bertz CT molecular complexity index is 512. The molecule has 0 fully saturated rings. The van der Waals surface area contributed by atoms with Gasteiger partial charge in [-0.15, -0.1) is 0 Å². The highest BCUT2D eigenvalue weighted by Gasteiger charge is 2.12. The number of Topliss-reactive ketones (excluding diaryl/α,β-unsaturated/α-hetero) is 1. The Morgan fingerprint density at radius 3 is 1.54 bits per heavy atom. The molecule has 4 N–H and O–H groups in total. The van der Waals surface area contributed by atoms with Gasteiger partial charge in [0, 0.05) is 20.5 Å². The summed E-state index contributed by atoms with van der Waals surface area (Å²) in [4.78, 5) is 68.4. The minimum atomic E-state index is -1.38. The summed E-state index contributed by atoms with van der Waals surface area (Å²) in [5.74, 6) is -5.83. The number of esters is 2. The Labute approximate surface area is 159 Å². The highest BCUT2D eigenvalue weighted by Crippen LogP contribution is 1.90. The lowest BCUT2D eigenvalue weighted by Gasteiger charge is -2.04. The van der Waals surface area contributed by atoms with Crippen molar-refractivity contribution < 1.29 is 63.5 Å². The van der Waals surface area contributed by atoms with Crippen LogP contribution in [0.4, 0.5) is 0 Å². The largest absolute Gasteiger partial charge is 0.481 e. The maximum absolute atomic E-state index is 10.2. The number of hydrogen-bond acceptors (Lipinski definition) is 10. The number of carboxylic acids is 3. The van der Waals surface area contributed by atoms with Crippen molar-refractivity contribution in [2.45, 2.75) is 46.6 Å². The molecule has 13 heteroatoms. The van der Waals surface area contributed by atoms with Crippen LogP contribution in [0.5, 0.6) is 0 Å². The topological polar surface area (TPSA) is 219 Å². The predicted octanol–water partition coefficient (Wildman–Crippen LogP) is -0.768. The SMILES string of the molecule is CC(=O)C(=O)O.CC(=O)OC(C)C(=O)O.CCO.O=COC(=O)CCC(=O)O. The maximum atomic E-state index is 10.2. The van der Waals surface area contributed by atoms with Gasteiger partial charge in [-0.3, -0.25) is 24.0 Å². The number of ketones is 1. The van der Waals surface area contributed by atoms with E-state index in [4.69, 9.17) is 20.4 Å². The van der Waals surface area contributed by atoms with Crippen molar-refractivity contribution in [3.63, 3.8) is 0 Å². The lowest BCUT2D eigenvalue weighted by molar-refractivity contribution is -0.161. The van der Waals surface area contributed by atoms with Crippen LogP contribution in [-0.4, -0.2) is 75.2 Å². The summed E-state index contributed by atoms with van der Waals surface area (Å²) in [6.45, 7) is 5.37. The third kappa shape index (κ3) is 38.3. The molecule has 28 heavy (non-hydrogen) atoms. The number of hydrogen-bond donors (Lipinski definition) is 4. The molecule has 0 aromatic rings. The van der Waals surface area contributed by atoms with E-state index in [1.54, 1.807) is 6.92 Å². The lowest BCUT2D eigenvalue weighted by Crippen LogP contribution is -2.21. The van der Waals surface area contributed by atoms with E-state index in [0.29, 0.717) is 0 Å². The van der Waals surface area contributed by atoms with Crippen LogP contribution in [-0.2, 0) is 43.0 Å². The third-order valence-corrected chi connectivity index (χ3v) is 1.71. The fourth-order valence-electron chi connectivity index (χ4n) is 0.621. The molecule has 0 spiro atoms. The molecule has 0 aliphatic rings. The zero-order chi connectivity index (χ0) is 23.3. The van der Waals surface area contributed by atoms with Gasteiger partial charge in [0.2, 0.25) is 5.78 Å². The molecule has 0 aromatic carbocycles. The number of aliphatic carboxylic acids is 3. The molecule has 0 saturated carbocycles. The summed E-state index contributed by atoms with van der Waals surface area (Å²) in [5.41, 5.74) is 0. The summed E-state index contributed by atoms with van der Waals surface area (Å²) in [6.07, 6.45) is -1.62. The monoisotopic (exact) mass is 412 g/mol. The van der Waals surface area contributed by atoms with Gasteiger partial charge in [0.1, 0.15) is 0 Å². The van der Waals surface area contributed by atoms with Gasteiger partial charge in [-0.1, -0.05) is 0 Å². The van der Waals surface area contributed by atoms with Gasteiger partial charge < -0.3 is 29.9 Å². The molecular formula is C15H24O13. The number of aliphatic hydroxyl groups excluding tert-OH is 1. The van der Waals surface area contributed by atoms with Gasteiger partial charge >= 0.3 is 36.3 Å². The summed E-state index contributed by atoms with van der Waals surface area (Å²) < 4.78 is 8.08. The molecule has 0 aromatic heterocycles. The van der Waals surface area contributed by atoms with Gasteiger partial charge in [0.25, 0.3) is 0 Å². The molecule has 0 saturated heterocycles. The van der Waals surface area contributed by atoms with Crippen LogP contribution >= 0.6 is 0 Å². The number of carbonyl (C=O) groups excluding carboxylic acids is 4. The van der Waals surface area contributed by atoms with E-state index in [2.05, 4.69) is 9.47 Å².